The highest BCUT2D eigenvalue weighted by atomic mass is 79.9. The molecule has 0 unspecified atom stereocenters. The average Bonchev–Trinajstić information content (AvgIpc) is 2.38. The quantitative estimate of drug-likeness (QED) is 0.504. The SMILES string of the molecule is COc1ccc(Br)cc1CNCCCCCCBr. The molecule has 2 nitrogen and oxygen atoms in total. The van der Waals surface area contributed by atoms with Gasteiger partial charge in [0.2, 0.25) is 0 Å². The first-order valence-corrected chi connectivity index (χ1v) is 8.28. The Morgan fingerprint density at radius 3 is 2.67 bits per heavy atom. The minimum atomic E-state index is 0.862. The summed E-state index contributed by atoms with van der Waals surface area (Å²) in [6.45, 7) is 1.93. The van der Waals surface area contributed by atoms with E-state index >= 15 is 0 Å². The van der Waals surface area contributed by atoms with Crippen LogP contribution in [0, 0.1) is 0 Å². The number of benzene rings is 1. The fraction of sp³-hybridized carbons (Fsp3) is 0.571. The summed E-state index contributed by atoms with van der Waals surface area (Å²) in [6, 6.07) is 6.11. The fourth-order valence-electron chi connectivity index (χ4n) is 1.81. The molecule has 102 valence electrons. The summed E-state index contributed by atoms with van der Waals surface area (Å²) in [5.74, 6) is 0.949. The average molecular weight is 379 g/mol. The van der Waals surface area contributed by atoms with Gasteiger partial charge in [0.05, 0.1) is 7.11 Å². The molecule has 1 N–H and O–H groups in total. The van der Waals surface area contributed by atoms with Gasteiger partial charge in [-0.1, -0.05) is 44.7 Å². The van der Waals surface area contributed by atoms with E-state index in [1.54, 1.807) is 7.11 Å². The summed E-state index contributed by atoms with van der Waals surface area (Å²) in [4.78, 5) is 0. The zero-order chi connectivity index (χ0) is 13.2. The molecule has 0 heterocycles. The monoisotopic (exact) mass is 377 g/mol. The van der Waals surface area contributed by atoms with E-state index in [-0.39, 0.29) is 0 Å². The predicted molar refractivity (Wildman–Crippen MR) is 84.7 cm³/mol. The predicted octanol–water partition coefficient (Wildman–Crippen LogP) is 4.50. The van der Waals surface area contributed by atoms with Crippen LogP contribution in [0.3, 0.4) is 0 Å². The molecule has 1 rings (SSSR count). The molecular formula is C14H21Br2NO. The van der Waals surface area contributed by atoms with Crippen molar-refractivity contribution in [1.82, 2.24) is 5.32 Å². The summed E-state index contributed by atoms with van der Waals surface area (Å²) in [5.41, 5.74) is 1.20. The second kappa shape index (κ2) is 9.82. The smallest absolute Gasteiger partial charge is 0.123 e. The van der Waals surface area contributed by atoms with Gasteiger partial charge in [-0.25, -0.2) is 0 Å². The number of nitrogens with one attached hydrogen (secondary N) is 1. The summed E-state index contributed by atoms with van der Waals surface area (Å²) >= 11 is 6.94. The largest absolute Gasteiger partial charge is 0.496 e. The number of rotatable bonds is 9. The van der Waals surface area contributed by atoms with Crippen LogP contribution in [0.5, 0.6) is 5.75 Å². The van der Waals surface area contributed by atoms with Gasteiger partial charge in [0, 0.05) is 21.9 Å². The van der Waals surface area contributed by atoms with Crippen LogP contribution in [0.1, 0.15) is 31.2 Å². The highest BCUT2D eigenvalue weighted by Gasteiger charge is 2.02. The van der Waals surface area contributed by atoms with Gasteiger partial charge in [0.15, 0.2) is 0 Å². The standard InChI is InChI=1S/C14H21Br2NO/c1-18-14-7-6-13(16)10-12(14)11-17-9-5-3-2-4-8-15/h6-7,10,17H,2-5,8-9,11H2,1H3. The third kappa shape index (κ3) is 6.21. The van der Waals surface area contributed by atoms with Crippen molar-refractivity contribution in [3.8, 4) is 5.75 Å². The number of unbranched alkanes of at least 4 members (excludes halogenated alkanes) is 3. The molecule has 0 fully saturated rings. The molecule has 0 spiro atoms. The van der Waals surface area contributed by atoms with Crippen LogP contribution in [0.2, 0.25) is 0 Å². The lowest BCUT2D eigenvalue weighted by atomic mass is 10.2. The van der Waals surface area contributed by atoms with Crippen molar-refractivity contribution in [2.75, 3.05) is 19.0 Å². The molecule has 0 bridgehead atoms. The molecule has 0 aliphatic carbocycles. The number of halogens is 2. The molecule has 0 atom stereocenters. The molecule has 18 heavy (non-hydrogen) atoms. The van der Waals surface area contributed by atoms with Gasteiger partial charge < -0.3 is 10.1 Å². The lowest BCUT2D eigenvalue weighted by Gasteiger charge is -2.10. The molecule has 4 heteroatoms. The van der Waals surface area contributed by atoms with Crippen molar-refractivity contribution in [3.63, 3.8) is 0 Å². The topological polar surface area (TPSA) is 21.3 Å². The summed E-state index contributed by atoms with van der Waals surface area (Å²) < 4.78 is 6.44. The summed E-state index contributed by atoms with van der Waals surface area (Å²) in [5, 5.41) is 4.59. The normalized spacial score (nSPS) is 10.6. The maximum Gasteiger partial charge on any atom is 0.123 e. The Morgan fingerprint density at radius 2 is 1.94 bits per heavy atom. The van der Waals surface area contributed by atoms with E-state index in [9.17, 15) is 0 Å². The molecule has 0 saturated carbocycles. The Morgan fingerprint density at radius 1 is 1.17 bits per heavy atom. The van der Waals surface area contributed by atoms with E-state index in [4.69, 9.17) is 4.74 Å². The first-order chi connectivity index (χ1) is 8.77. The number of alkyl halides is 1. The summed E-state index contributed by atoms with van der Waals surface area (Å²) in [7, 11) is 1.72. The van der Waals surface area contributed by atoms with Crippen LogP contribution < -0.4 is 10.1 Å². The van der Waals surface area contributed by atoms with Crippen LogP contribution in [0.25, 0.3) is 0 Å². The highest BCUT2D eigenvalue weighted by Crippen LogP contribution is 2.22. The van der Waals surface area contributed by atoms with Crippen molar-refractivity contribution in [2.45, 2.75) is 32.2 Å². The Bertz CT molecular complexity index is 345. The van der Waals surface area contributed by atoms with Crippen molar-refractivity contribution in [3.05, 3.63) is 28.2 Å². The third-order valence-electron chi connectivity index (χ3n) is 2.80. The summed E-state index contributed by atoms with van der Waals surface area (Å²) in [6.07, 6.45) is 5.13. The van der Waals surface area contributed by atoms with E-state index in [0.29, 0.717) is 0 Å². The van der Waals surface area contributed by atoms with Crippen LogP contribution in [-0.4, -0.2) is 19.0 Å². The van der Waals surface area contributed by atoms with E-state index in [1.165, 1.54) is 31.2 Å². The van der Waals surface area contributed by atoms with E-state index in [0.717, 1.165) is 28.6 Å². The van der Waals surface area contributed by atoms with Crippen LogP contribution >= 0.6 is 31.9 Å². The number of ether oxygens (including phenoxy) is 1. The minimum absolute atomic E-state index is 0.862. The fourth-order valence-corrected chi connectivity index (χ4v) is 2.61. The first-order valence-electron chi connectivity index (χ1n) is 6.37. The number of hydrogen-bond donors (Lipinski definition) is 1. The minimum Gasteiger partial charge on any atom is -0.496 e. The Hall–Kier alpha value is -0.0600. The molecule has 0 aromatic heterocycles. The van der Waals surface area contributed by atoms with Crippen molar-refractivity contribution in [1.29, 1.82) is 0 Å². The lowest BCUT2D eigenvalue weighted by molar-refractivity contribution is 0.407. The second-order valence-corrected chi connectivity index (χ2v) is 5.94. The number of hydrogen-bond acceptors (Lipinski definition) is 2. The zero-order valence-corrected chi connectivity index (χ0v) is 14.0. The molecule has 0 saturated heterocycles. The maximum absolute atomic E-state index is 5.34. The molecule has 1 aromatic carbocycles. The van der Waals surface area contributed by atoms with Crippen molar-refractivity contribution < 1.29 is 4.74 Å². The molecule has 0 aliphatic heterocycles. The molecule has 0 aliphatic rings. The van der Waals surface area contributed by atoms with E-state index < -0.39 is 0 Å². The Balaban J connectivity index is 2.24. The van der Waals surface area contributed by atoms with Gasteiger partial charge in [0.1, 0.15) is 5.75 Å². The van der Waals surface area contributed by atoms with Crippen molar-refractivity contribution in [2.24, 2.45) is 0 Å². The molecular weight excluding hydrogens is 358 g/mol. The molecule has 0 amide bonds. The van der Waals surface area contributed by atoms with Gasteiger partial charge >= 0.3 is 0 Å². The number of methoxy groups -OCH3 is 1. The zero-order valence-electron chi connectivity index (χ0n) is 10.8. The molecule has 0 radical (unpaired) electrons. The Labute approximate surface area is 127 Å². The van der Waals surface area contributed by atoms with Gasteiger partial charge in [-0.05, 0) is 37.6 Å². The van der Waals surface area contributed by atoms with Crippen LogP contribution in [0.15, 0.2) is 22.7 Å². The van der Waals surface area contributed by atoms with Gasteiger partial charge in [-0.15, -0.1) is 0 Å². The third-order valence-corrected chi connectivity index (χ3v) is 3.85. The van der Waals surface area contributed by atoms with Gasteiger partial charge in [0.25, 0.3) is 0 Å². The lowest BCUT2D eigenvalue weighted by Crippen LogP contribution is -2.15. The Kier molecular flexibility index (Phi) is 8.72. The molecule has 1 aromatic rings. The van der Waals surface area contributed by atoms with Crippen molar-refractivity contribution >= 4 is 31.9 Å². The van der Waals surface area contributed by atoms with Gasteiger partial charge in [-0.2, -0.15) is 0 Å². The van der Waals surface area contributed by atoms with Crippen LogP contribution in [-0.2, 0) is 6.54 Å². The van der Waals surface area contributed by atoms with E-state index in [1.807, 2.05) is 12.1 Å². The second-order valence-electron chi connectivity index (χ2n) is 4.24. The van der Waals surface area contributed by atoms with Crippen LogP contribution in [0.4, 0.5) is 0 Å². The first kappa shape index (κ1) is 16.0. The van der Waals surface area contributed by atoms with E-state index in [2.05, 4.69) is 43.2 Å². The highest BCUT2D eigenvalue weighted by molar-refractivity contribution is 9.10. The van der Waals surface area contributed by atoms with Gasteiger partial charge in [-0.3, -0.25) is 0 Å². The maximum atomic E-state index is 5.34.